The molecule has 0 saturated carbocycles. The fourth-order valence-electron chi connectivity index (χ4n) is 3.55. The lowest BCUT2D eigenvalue weighted by atomic mass is 10.0. The Morgan fingerprint density at radius 1 is 1.16 bits per heavy atom. The molecule has 0 atom stereocenters. The molecule has 0 spiro atoms. The van der Waals surface area contributed by atoms with Crippen molar-refractivity contribution in [3.05, 3.63) is 56.9 Å². The van der Waals surface area contributed by atoms with E-state index in [-0.39, 0.29) is 32.4 Å². The number of amides is 2. The van der Waals surface area contributed by atoms with Crippen molar-refractivity contribution in [3.63, 3.8) is 0 Å². The van der Waals surface area contributed by atoms with E-state index < -0.39 is 40.7 Å². The van der Waals surface area contributed by atoms with E-state index in [0.29, 0.717) is 5.75 Å². The molecule has 1 aliphatic heterocycles. The third-order valence-corrected chi connectivity index (χ3v) is 6.71. The lowest BCUT2D eigenvalue weighted by Gasteiger charge is -2.26. The molecule has 0 bridgehead atoms. The number of nitrogens with zero attached hydrogens (tertiary/aromatic N) is 3. The first-order chi connectivity index (χ1) is 17.3. The van der Waals surface area contributed by atoms with Crippen LogP contribution in [0.2, 0.25) is 15.2 Å². The molecule has 0 radical (unpaired) electrons. The van der Waals surface area contributed by atoms with Crippen LogP contribution in [0.5, 0.6) is 11.5 Å². The van der Waals surface area contributed by atoms with Gasteiger partial charge in [0.25, 0.3) is 11.8 Å². The van der Waals surface area contributed by atoms with Gasteiger partial charge in [-0.05, 0) is 32.2 Å². The summed E-state index contributed by atoms with van der Waals surface area (Å²) in [7, 11) is 0. The van der Waals surface area contributed by atoms with Crippen molar-refractivity contribution >= 4 is 64.1 Å². The average Bonchev–Trinajstić information content (AvgIpc) is 3.31. The number of carbonyl (C=O) groups is 2. The number of ether oxygens (including phenoxy) is 2. The third kappa shape index (κ3) is 5.71. The number of anilines is 1. The van der Waals surface area contributed by atoms with Gasteiger partial charge in [-0.25, -0.2) is 9.67 Å². The Kier molecular flexibility index (Phi) is 7.48. The van der Waals surface area contributed by atoms with Crippen LogP contribution in [0, 0.1) is 0 Å². The van der Waals surface area contributed by atoms with Crippen LogP contribution in [0.15, 0.2) is 30.5 Å². The van der Waals surface area contributed by atoms with Crippen LogP contribution in [0.25, 0.3) is 5.82 Å². The Hall–Kier alpha value is -2.80. The second-order valence-electron chi connectivity index (χ2n) is 8.40. The van der Waals surface area contributed by atoms with Crippen LogP contribution >= 0.6 is 46.6 Å². The van der Waals surface area contributed by atoms with E-state index in [9.17, 15) is 18.4 Å². The number of aromatic nitrogens is 3. The SMILES string of the molecule is CSCC(C)(C)NC(=O)c1c(NC(=O)c2cc(Cl)nn2-c2ncccc2Cl)c(Cl)cc2c1OC(F)(F)O2. The summed E-state index contributed by atoms with van der Waals surface area (Å²) in [6.45, 7) is 3.49. The highest BCUT2D eigenvalue weighted by molar-refractivity contribution is 7.98. The zero-order chi connectivity index (χ0) is 27.1. The Morgan fingerprint density at radius 3 is 2.57 bits per heavy atom. The molecule has 3 heterocycles. The van der Waals surface area contributed by atoms with Gasteiger partial charge in [0.05, 0.1) is 15.7 Å². The number of thioether (sulfide) groups is 1. The molecular weight excluding hydrogens is 575 g/mol. The van der Waals surface area contributed by atoms with E-state index in [1.807, 2.05) is 6.26 Å². The third-order valence-electron chi connectivity index (χ3n) is 4.92. The van der Waals surface area contributed by atoms with Crippen LogP contribution in [0.3, 0.4) is 0 Å². The number of nitrogens with one attached hydrogen (secondary N) is 2. The van der Waals surface area contributed by atoms with E-state index in [1.54, 1.807) is 19.9 Å². The first-order valence-corrected chi connectivity index (χ1v) is 13.0. The largest absolute Gasteiger partial charge is 0.586 e. The van der Waals surface area contributed by atoms with Crippen molar-refractivity contribution in [1.29, 1.82) is 0 Å². The Balaban J connectivity index is 1.79. The van der Waals surface area contributed by atoms with Crippen molar-refractivity contribution in [2.75, 3.05) is 17.3 Å². The first-order valence-electron chi connectivity index (χ1n) is 10.4. The molecular formula is C22H18Cl3F2N5O4S. The van der Waals surface area contributed by atoms with Crippen LogP contribution in [0.4, 0.5) is 14.5 Å². The highest BCUT2D eigenvalue weighted by atomic mass is 35.5. The fourth-order valence-corrected chi connectivity index (χ4v) is 4.96. The summed E-state index contributed by atoms with van der Waals surface area (Å²) in [5, 5.41) is 9.14. The molecule has 4 rings (SSSR count). The number of benzene rings is 1. The van der Waals surface area contributed by atoms with Gasteiger partial charge in [0, 0.05) is 29.6 Å². The van der Waals surface area contributed by atoms with E-state index in [0.717, 1.165) is 10.7 Å². The topological polar surface area (TPSA) is 107 Å². The normalized spacial score (nSPS) is 13.9. The van der Waals surface area contributed by atoms with Gasteiger partial charge in [0.15, 0.2) is 22.5 Å². The number of fused-ring (bicyclic) bond motifs is 1. The fraction of sp³-hybridized carbons (Fsp3) is 0.273. The second kappa shape index (κ2) is 10.2. The predicted octanol–water partition coefficient (Wildman–Crippen LogP) is 5.67. The first kappa shape index (κ1) is 27.2. The van der Waals surface area contributed by atoms with Gasteiger partial charge in [0.2, 0.25) is 0 Å². The molecule has 0 aliphatic carbocycles. The Morgan fingerprint density at radius 2 is 1.89 bits per heavy atom. The van der Waals surface area contributed by atoms with Gasteiger partial charge >= 0.3 is 6.29 Å². The summed E-state index contributed by atoms with van der Waals surface area (Å²) in [6.07, 6.45) is -0.762. The Labute approximate surface area is 228 Å². The maximum atomic E-state index is 14.0. The molecule has 2 aromatic heterocycles. The smallest absolute Gasteiger partial charge is 0.395 e. The number of carbonyl (C=O) groups excluding carboxylic acids is 2. The molecule has 196 valence electrons. The van der Waals surface area contributed by atoms with E-state index in [4.69, 9.17) is 34.8 Å². The number of hydrogen-bond donors (Lipinski definition) is 2. The molecule has 1 aliphatic rings. The van der Waals surface area contributed by atoms with Crippen molar-refractivity contribution in [2.45, 2.75) is 25.7 Å². The highest BCUT2D eigenvalue weighted by Gasteiger charge is 2.47. The summed E-state index contributed by atoms with van der Waals surface area (Å²) in [5.74, 6) is -2.11. The minimum atomic E-state index is -4.04. The van der Waals surface area contributed by atoms with Crippen LogP contribution in [-0.2, 0) is 0 Å². The van der Waals surface area contributed by atoms with Gasteiger partial charge in [-0.3, -0.25) is 9.59 Å². The molecule has 2 amide bonds. The van der Waals surface area contributed by atoms with Crippen LogP contribution in [-0.4, -0.2) is 50.4 Å². The van der Waals surface area contributed by atoms with Crippen LogP contribution in [0.1, 0.15) is 34.7 Å². The molecule has 37 heavy (non-hydrogen) atoms. The van der Waals surface area contributed by atoms with Gasteiger partial charge in [0.1, 0.15) is 11.3 Å². The standard InChI is InChI=1S/C22H18Cl3F2N5O4S/c1-21(2,9-37-3)30-20(34)15-16(11(24)7-13-17(15)36-22(26,27)35-13)29-19(33)12-8-14(25)31-32(12)18-10(23)5-4-6-28-18/h4-8H,9H2,1-3H3,(H,29,33)(H,30,34). The van der Waals surface area contributed by atoms with Crippen LogP contribution < -0.4 is 20.1 Å². The molecule has 0 unspecified atom stereocenters. The summed E-state index contributed by atoms with van der Waals surface area (Å²) in [6, 6.07) is 5.37. The van der Waals surface area contributed by atoms with Crippen molar-refractivity contribution in [2.24, 2.45) is 0 Å². The molecule has 3 aromatic rings. The highest BCUT2D eigenvalue weighted by Crippen LogP contribution is 2.49. The average molecular weight is 593 g/mol. The van der Waals surface area contributed by atoms with Crippen molar-refractivity contribution < 1.29 is 27.8 Å². The summed E-state index contributed by atoms with van der Waals surface area (Å²) >= 11 is 20.0. The number of halogens is 5. The molecule has 0 fully saturated rings. The number of rotatable bonds is 7. The molecule has 2 N–H and O–H groups in total. The summed E-state index contributed by atoms with van der Waals surface area (Å²) in [5.41, 5.74) is -1.62. The number of pyridine rings is 1. The minimum absolute atomic E-state index is 0.0555. The quantitative estimate of drug-likeness (QED) is 0.364. The van der Waals surface area contributed by atoms with E-state index in [2.05, 4.69) is 30.2 Å². The maximum absolute atomic E-state index is 14.0. The summed E-state index contributed by atoms with van der Waals surface area (Å²) < 4.78 is 38.1. The zero-order valence-corrected chi connectivity index (χ0v) is 22.5. The monoisotopic (exact) mass is 591 g/mol. The predicted molar refractivity (Wildman–Crippen MR) is 137 cm³/mol. The molecule has 9 nitrogen and oxygen atoms in total. The second-order valence-corrected chi connectivity index (χ2v) is 10.5. The van der Waals surface area contributed by atoms with E-state index >= 15 is 0 Å². The lowest BCUT2D eigenvalue weighted by Crippen LogP contribution is -2.45. The molecule has 0 saturated heterocycles. The van der Waals surface area contributed by atoms with Crippen molar-refractivity contribution in [3.8, 4) is 17.3 Å². The minimum Gasteiger partial charge on any atom is -0.395 e. The number of alkyl halides is 2. The van der Waals surface area contributed by atoms with E-state index in [1.165, 1.54) is 30.1 Å². The molecule has 15 heteroatoms. The number of hydrogen-bond acceptors (Lipinski definition) is 7. The van der Waals surface area contributed by atoms with Gasteiger partial charge < -0.3 is 20.1 Å². The summed E-state index contributed by atoms with van der Waals surface area (Å²) in [4.78, 5) is 30.8. The van der Waals surface area contributed by atoms with Gasteiger partial charge in [-0.1, -0.05) is 34.8 Å². The lowest BCUT2D eigenvalue weighted by molar-refractivity contribution is -0.286. The Bertz CT molecular complexity index is 1400. The molecule has 1 aromatic carbocycles. The zero-order valence-electron chi connectivity index (χ0n) is 19.4. The maximum Gasteiger partial charge on any atom is 0.586 e. The van der Waals surface area contributed by atoms with Crippen molar-refractivity contribution in [1.82, 2.24) is 20.1 Å². The van der Waals surface area contributed by atoms with Gasteiger partial charge in [-0.2, -0.15) is 16.9 Å². The van der Waals surface area contributed by atoms with Gasteiger partial charge in [-0.15, -0.1) is 8.78 Å².